The smallest absolute Gasteiger partial charge is 0.0413 e. The molecule has 0 aliphatic heterocycles. The van der Waals surface area contributed by atoms with Crippen molar-refractivity contribution in [2.75, 3.05) is 0 Å². The summed E-state index contributed by atoms with van der Waals surface area (Å²) >= 11 is 8.16. The molecule has 0 N–H and O–H groups in total. The highest BCUT2D eigenvalue weighted by Crippen LogP contribution is 2.53. The number of benzene rings is 3. The largest absolute Gasteiger partial charge is 0.135 e. The molecule has 2 aliphatic carbocycles. The Kier molecular flexibility index (Phi) is 3.64. The van der Waals surface area contributed by atoms with Crippen molar-refractivity contribution in [1.29, 1.82) is 0 Å². The molecule has 0 nitrogen and oxygen atoms in total. The summed E-state index contributed by atoms with van der Waals surface area (Å²) in [5.41, 5.74) is 4.18. The molecule has 0 radical (unpaired) electrons. The van der Waals surface area contributed by atoms with E-state index in [2.05, 4.69) is 54.6 Å². The van der Waals surface area contributed by atoms with Crippen molar-refractivity contribution < 1.29 is 0 Å². The van der Waals surface area contributed by atoms with Crippen LogP contribution >= 0.6 is 22.9 Å². The van der Waals surface area contributed by atoms with Crippen LogP contribution in [0.25, 0.3) is 31.3 Å². The zero-order valence-electron chi connectivity index (χ0n) is 15.1. The van der Waals surface area contributed by atoms with Crippen LogP contribution in [0.1, 0.15) is 37.2 Å². The van der Waals surface area contributed by atoms with Gasteiger partial charge in [-0.05, 0) is 78.0 Å². The van der Waals surface area contributed by atoms with Gasteiger partial charge in [0.15, 0.2) is 0 Å². The molecule has 1 heterocycles. The minimum absolute atomic E-state index is 0.800. The Morgan fingerprint density at radius 3 is 2.52 bits per heavy atom. The molecule has 1 aromatic heterocycles. The van der Waals surface area contributed by atoms with Crippen molar-refractivity contribution in [2.45, 2.75) is 31.6 Å². The molecule has 134 valence electrons. The summed E-state index contributed by atoms with van der Waals surface area (Å²) in [6, 6.07) is 22.4. The molecule has 3 unspecified atom stereocenters. The maximum atomic E-state index is 6.30. The molecule has 2 fully saturated rings. The zero-order valence-corrected chi connectivity index (χ0v) is 16.7. The van der Waals surface area contributed by atoms with E-state index in [-0.39, 0.29) is 0 Å². The van der Waals surface area contributed by atoms with E-state index in [0.29, 0.717) is 0 Å². The van der Waals surface area contributed by atoms with Gasteiger partial charge in [-0.15, -0.1) is 11.3 Å². The summed E-state index contributed by atoms with van der Waals surface area (Å²) in [5, 5.41) is 3.42. The molecule has 2 aliphatic rings. The highest BCUT2D eigenvalue weighted by Gasteiger charge is 2.39. The molecule has 0 saturated heterocycles. The summed E-state index contributed by atoms with van der Waals surface area (Å²) in [7, 11) is 0. The van der Waals surface area contributed by atoms with E-state index in [0.717, 1.165) is 22.8 Å². The maximum Gasteiger partial charge on any atom is 0.0413 e. The number of hydrogen-bond donors (Lipinski definition) is 0. The van der Waals surface area contributed by atoms with E-state index in [4.69, 9.17) is 11.6 Å². The van der Waals surface area contributed by atoms with Crippen LogP contribution < -0.4 is 0 Å². The number of fused-ring (bicyclic) bond motifs is 5. The lowest BCUT2D eigenvalue weighted by Crippen LogP contribution is -2.08. The topological polar surface area (TPSA) is 0 Å². The van der Waals surface area contributed by atoms with Crippen LogP contribution in [0.5, 0.6) is 0 Å². The highest BCUT2D eigenvalue weighted by molar-refractivity contribution is 7.25. The third kappa shape index (κ3) is 2.56. The van der Waals surface area contributed by atoms with Crippen LogP contribution in [-0.2, 0) is 0 Å². The predicted molar refractivity (Wildman–Crippen MR) is 118 cm³/mol. The standard InChI is InChI=1S/C25H21ClS/c26-19-10-11-23-22(14-19)25-20(2-1-3-24(25)27-23)16-6-8-17(9-7-16)21-13-15-4-5-18(21)12-15/h1-3,6-11,14-15,18,21H,4-5,12-13H2. The summed E-state index contributed by atoms with van der Waals surface area (Å²) in [4.78, 5) is 0. The van der Waals surface area contributed by atoms with E-state index in [9.17, 15) is 0 Å². The van der Waals surface area contributed by atoms with E-state index in [1.54, 1.807) is 5.56 Å². The van der Waals surface area contributed by atoms with Crippen molar-refractivity contribution >= 4 is 43.1 Å². The maximum absolute atomic E-state index is 6.30. The first-order valence-electron chi connectivity index (χ1n) is 9.97. The second kappa shape index (κ2) is 6.09. The quantitative estimate of drug-likeness (QED) is 0.324. The zero-order chi connectivity index (χ0) is 18.0. The van der Waals surface area contributed by atoms with Gasteiger partial charge in [0, 0.05) is 25.2 Å². The summed E-state index contributed by atoms with van der Waals surface area (Å²) in [6.07, 6.45) is 5.79. The normalized spacial score (nSPS) is 24.3. The third-order valence-corrected chi connectivity index (χ3v) is 8.22. The number of rotatable bonds is 2. The van der Waals surface area contributed by atoms with E-state index in [1.807, 2.05) is 17.4 Å². The molecule has 6 rings (SSSR count). The van der Waals surface area contributed by atoms with Gasteiger partial charge < -0.3 is 0 Å². The van der Waals surface area contributed by atoms with Gasteiger partial charge in [-0.1, -0.05) is 54.4 Å². The Bertz CT molecular complexity index is 1150. The third-order valence-electron chi connectivity index (χ3n) is 6.85. The average Bonchev–Trinajstić information content (AvgIpc) is 3.41. The fraction of sp³-hybridized carbons (Fsp3) is 0.280. The summed E-state index contributed by atoms with van der Waals surface area (Å²) in [6.45, 7) is 0. The Morgan fingerprint density at radius 1 is 0.852 bits per heavy atom. The van der Waals surface area contributed by atoms with Gasteiger partial charge in [-0.2, -0.15) is 0 Å². The van der Waals surface area contributed by atoms with Crippen LogP contribution in [0.15, 0.2) is 60.7 Å². The lowest BCUT2D eigenvalue weighted by Gasteiger charge is -2.22. The monoisotopic (exact) mass is 388 g/mol. The number of halogens is 1. The summed E-state index contributed by atoms with van der Waals surface area (Å²) in [5.74, 6) is 2.73. The van der Waals surface area contributed by atoms with Gasteiger partial charge >= 0.3 is 0 Å². The minimum Gasteiger partial charge on any atom is -0.135 e. The van der Waals surface area contributed by atoms with Gasteiger partial charge in [0.25, 0.3) is 0 Å². The molecule has 3 atom stereocenters. The molecular formula is C25H21ClS. The van der Waals surface area contributed by atoms with E-state index >= 15 is 0 Å². The first-order chi connectivity index (χ1) is 13.3. The molecule has 0 spiro atoms. The van der Waals surface area contributed by atoms with Crippen molar-refractivity contribution in [3.8, 4) is 11.1 Å². The van der Waals surface area contributed by atoms with Gasteiger partial charge in [0.1, 0.15) is 0 Å². The molecule has 4 aromatic rings. The van der Waals surface area contributed by atoms with Crippen molar-refractivity contribution in [1.82, 2.24) is 0 Å². The Labute approximate surface area is 168 Å². The Hall–Kier alpha value is -1.83. The van der Waals surface area contributed by atoms with Crippen molar-refractivity contribution in [3.63, 3.8) is 0 Å². The van der Waals surface area contributed by atoms with Gasteiger partial charge in [-0.3, -0.25) is 0 Å². The molecule has 2 heteroatoms. The Balaban J connectivity index is 1.46. The molecule has 2 bridgehead atoms. The molecule has 2 saturated carbocycles. The summed E-state index contributed by atoms with van der Waals surface area (Å²) < 4.78 is 2.64. The average molecular weight is 389 g/mol. The first kappa shape index (κ1) is 16.2. The minimum atomic E-state index is 0.800. The van der Waals surface area contributed by atoms with Gasteiger partial charge in [-0.25, -0.2) is 0 Å². The fourth-order valence-corrected chi connectivity index (χ4v) is 6.89. The SMILES string of the molecule is Clc1ccc2sc3cccc(-c4ccc(C5CC6CCC5C6)cc4)c3c2c1. The highest BCUT2D eigenvalue weighted by atomic mass is 35.5. The van der Waals surface area contributed by atoms with E-state index < -0.39 is 0 Å². The Morgan fingerprint density at radius 2 is 1.74 bits per heavy atom. The van der Waals surface area contributed by atoms with Gasteiger partial charge in [0.2, 0.25) is 0 Å². The van der Waals surface area contributed by atoms with Crippen molar-refractivity contribution in [3.05, 3.63) is 71.2 Å². The van der Waals surface area contributed by atoms with Crippen LogP contribution in [0.3, 0.4) is 0 Å². The lowest BCUT2D eigenvalue weighted by atomic mass is 9.83. The second-order valence-electron chi connectivity index (χ2n) is 8.32. The van der Waals surface area contributed by atoms with Crippen LogP contribution in [0, 0.1) is 11.8 Å². The molecule has 3 aromatic carbocycles. The predicted octanol–water partition coefficient (Wildman–Crippen LogP) is 8.28. The van der Waals surface area contributed by atoms with Crippen LogP contribution in [0.2, 0.25) is 5.02 Å². The van der Waals surface area contributed by atoms with Crippen LogP contribution in [-0.4, -0.2) is 0 Å². The number of hydrogen-bond acceptors (Lipinski definition) is 1. The van der Waals surface area contributed by atoms with E-state index in [1.165, 1.54) is 57.0 Å². The molecule has 27 heavy (non-hydrogen) atoms. The molecular weight excluding hydrogens is 368 g/mol. The second-order valence-corrected chi connectivity index (χ2v) is 9.84. The fourth-order valence-electron chi connectivity index (χ4n) is 5.60. The molecule has 0 amide bonds. The number of thiophene rings is 1. The lowest BCUT2D eigenvalue weighted by molar-refractivity contribution is 0.420. The van der Waals surface area contributed by atoms with Gasteiger partial charge in [0.05, 0.1) is 0 Å². The van der Waals surface area contributed by atoms with Crippen molar-refractivity contribution in [2.24, 2.45) is 11.8 Å². The van der Waals surface area contributed by atoms with Crippen LogP contribution in [0.4, 0.5) is 0 Å². The first-order valence-corrected chi connectivity index (χ1v) is 11.2.